The summed E-state index contributed by atoms with van der Waals surface area (Å²) in [6, 6.07) is 0. The molecule has 0 aromatic heterocycles. The third-order valence-corrected chi connectivity index (χ3v) is 3.88. The maximum absolute atomic E-state index is 11.8. The summed E-state index contributed by atoms with van der Waals surface area (Å²) in [4.78, 5) is 26.8. The van der Waals surface area contributed by atoms with E-state index in [9.17, 15) is 9.59 Å². The molecule has 0 aromatic carbocycles. The van der Waals surface area contributed by atoms with E-state index in [-0.39, 0.29) is 25.0 Å². The molecule has 6 heteroatoms. The van der Waals surface area contributed by atoms with Gasteiger partial charge in [0.05, 0.1) is 6.17 Å². The third-order valence-electron chi connectivity index (χ3n) is 3.88. The predicted molar refractivity (Wildman–Crippen MR) is 86.7 cm³/mol. The average molecular weight is 316 g/mol. The Morgan fingerprint density at radius 3 is 1.77 bits per heavy atom. The van der Waals surface area contributed by atoms with Crippen molar-refractivity contribution in [3.8, 4) is 0 Å². The minimum atomic E-state index is -0.823. The number of carboxylic acid groups (broad SMARTS) is 1. The molecule has 0 heterocycles. The molecule has 0 aliphatic rings. The molecule has 0 radical (unpaired) electrons. The summed E-state index contributed by atoms with van der Waals surface area (Å²) in [6.45, 7) is 12.4. The normalized spacial score (nSPS) is 11.4. The van der Waals surface area contributed by atoms with Gasteiger partial charge < -0.3 is 9.84 Å². The zero-order valence-electron chi connectivity index (χ0n) is 14.5. The van der Waals surface area contributed by atoms with Gasteiger partial charge in [-0.05, 0) is 39.0 Å². The van der Waals surface area contributed by atoms with E-state index >= 15 is 0 Å². The van der Waals surface area contributed by atoms with E-state index in [2.05, 4.69) is 37.5 Å². The highest BCUT2D eigenvalue weighted by Gasteiger charge is 2.22. The van der Waals surface area contributed by atoms with Gasteiger partial charge in [-0.25, -0.2) is 0 Å². The van der Waals surface area contributed by atoms with Gasteiger partial charge in [0.2, 0.25) is 0 Å². The van der Waals surface area contributed by atoms with E-state index in [1.165, 1.54) is 0 Å². The summed E-state index contributed by atoms with van der Waals surface area (Å²) in [5.41, 5.74) is 0. The fourth-order valence-electron chi connectivity index (χ4n) is 2.52. The number of carbonyl (C=O) groups is 2. The van der Waals surface area contributed by atoms with Crippen LogP contribution in [0.15, 0.2) is 0 Å². The number of hydrogen-bond acceptors (Lipinski definition) is 5. The van der Waals surface area contributed by atoms with Crippen molar-refractivity contribution in [2.24, 2.45) is 0 Å². The number of esters is 1. The fraction of sp³-hybridized carbons (Fsp3) is 0.875. The second kappa shape index (κ2) is 12.4. The minimum absolute atomic E-state index is 0.105. The lowest BCUT2D eigenvalue weighted by atomic mass is 10.2. The number of rotatable bonds is 13. The maximum Gasteiger partial charge on any atom is 0.305 e. The summed E-state index contributed by atoms with van der Waals surface area (Å²) in [7, 11) is 0. The van der Waals surface area contributed by atoms with Gasteiger partial charge in [-0.3, -0.25) is 19.4 Å². The number of aliphatic carboxylic acids is 1. The van der Waals surface area contributed by atoms with E-state index < -0.39 is 5.97 Å². The molecule has 0 spiro atoms. The number of likely N-dealkylation sites (N-methyl/N-ethyl adjacent to an activating group) is 2. The van der Waals surface area contributed by atoms with Crippen LogP contribution in [-0.4, -0.2) is 65.8 Å². The molecule has 0 bridgehead atoms. The monoisotopic (exact) mass is 316 g/mol. The van der Waals surface area contributed by atoms with Gasteiger partial charge in [-0.2, -0.15) is 0 Å². The number of nitrogens with zero attached hydrogens (tertiary/aromatic N) is 2. The maximum atomic E-state index is 11.8. The van der Waals surface area contributed by atoms with Gasteiger partial charge in [0.25, 0.3) is 0 Å². The SMILES string of the molecule is CCN(CC)C(COC(=O)CCCCC(=O)O)N(CC)CC. The summed E-state index contributed by atoms with van der Waals surface area (Å²) < 4.78 is 5.41. The van der Waals surface area contributed by atoms with Crippen molar-refractivity contribution in [2.75, 3.05) is 32.8 Å². The van der Waals surface area contributed by atoms with Crippen LogP contribution in [0.5, 0.6) is 0 Å². The number of unbranched alkanes of at least 4 members (excludes halogenated alkanes) is 1. The lowest BCUT2D eigenvalue weighted by Crippen LogP contribution is -2.51. The Bertz CT molecular complexity index is 303. The minimum Gasteiger partial charge on any atom is -0.481 e. The van der Waals surface area contributed by atoms with Crippen LogP contribution < -0.4 is 0 Å². The summed E-state index contributed by atoms with van der Waals surface area (Å²) in [5.74, 6) is -1.06. The fourth-order valence-corrected chi connectivity index (χ4v) is 2.52. The quantitative estimate of drug-likeness (QED) is 0.319. The van der Waals surface area contributed by atoms with Crippen LogP contribution in [0.25, 0.3) is 0 Å². The largest absolute Gasteiger partial charge is 0.481 e. The van der Waals surface area contributed by atoms with Crippen molar-refractivity contribution in [1.29, 1.82) is 0 Å². The third kappa shape index (κ3) is 8.34. The van der Waals surface area contributed by atoms with E-state index in [1.54, 1.807) is 0 Å². The molecule has 22 heavy (non-hydrogen) atoms. The summed E-state index contributed by atoms with van der Waals surface area (Å²) >= 11 is 0. The number of carbonyl (C=O) groups excluding carboxylic acids is 1. The first-order valence-electron chi connectivity index (χ1n) is 8.35. The number of ether oxygens (including phenoxy) is 1. The first kappa shape index (κ1) is 20.9. The van der Waals surface area contributed by atoms with Crippen molar-refractivity contribution in [3.05, 3.63) is 0 Å². The van der Waals surface area contributed by atoms with E-state index in [0.717, 1.165) is 26.2 Å². The molecule has 6 nitrogen and oxygen atoms in total. The first-order valence-corrected chi connectivity index (χ1v) is 8.35. The predicted octanol–water partition coefficient (Wildman–Crippen LogP) is 2.18. The summed E-state index contributed by atoms with van der Waals surface area (Å²) in [6.07, 6.45) is 1.57. The Kier molecular flexibility index (Phi) is 11.8. The molecular formula is C16H32N2O4. The Morgan fingerprint density at radius 1 is 0.909 bits per heavy atom. The van der Waals surface area contributed by atoms with Gasteiger partial charge in [-0.1, -0.05) is 27.7 Å². The Hall–Kier alpha value is -1.14. The van der Waals surface area contributed by atoms with Crippen LogP contribution in [0.3, 0.4) is 0 Å². The second-order valence-electron chi connectivity index (χ2n) is 5.21. The van der Waals surface area contributed by atoms with Gasteiger partial charge in [0.1, 0.15) is 6.61 Å². The molecular weight excluding hydrogens is 284 g/mol. The highest BCUT2D eigenvalue weighted by Crippen LogP contribution is 2.08. The van der Waals surface area contributed by atoms with Crippen molar-refractivity contribution >= 4 is 11.9 Å². The average Bonchev–Trinajstić information content (AvgIpc) is 2.50. The first-order chi connectivity index (χ1) is 10.5. The molecule has 0 aromatic rings. The van der Waals surface area contributed by atoms with Crippen LogP contribution in [0.2, 0.25) is 0 Å². The highest BCUT2D eigenvalue weighted by molar-refractivity contribution is 5.69. The number of hydrogen-bond donors (Lipinski definition) is 1. The molecule has 0 amide bonds. The molecule has 0 saturated heterocycles. The molecule has 0 rings (SSSR count). The van der Waals surface area contributed by atoms with Crippen LogP contribution in [0.1, 0.15) is 53.4 Å². The lowest BCUT2D eigenvalue weighted by molar-refractivity contribution is -0.148. The van der Waals surface area contributed by atoms with Crippen LogP contribution >= 0.6 is 0 Å². The standard InChI is InChI=1S/C16H32N2O4/c1-5-17(6-2)14(18(7-3)8-4)13-22-16(21)12-10-9-11-15(19)20/h14H,5-13H2,1-4H3,(H,19,20). The molecule has 0 aliphatic carbocycles. The zero-order chi connectivity index (χ0) is 17.0. The van der Waals surface area contributed by atoms with E-state index in [4.69, 9.17) is 9.84 Å². The smallest absolute Gasteiger partial charge is 0.305 e. The molecule has 0 atom stereocenters. The van der Waals surface area contributed by atoms with Crippen LogP contribution in [0, 0.1) is 0 Å². The number of carboxylic acids is 1. The van der Waals surface area contributed by atoms with Crippen molar-refractivity contribution < 1.29 is 19.4 Å². The van der Waals surface area contributed by atoms with Gasteiger partial charge in [0, 0.05) is 12.8 Å². The molecule has 1 N–H and O–H groups in total. The molecule has 0 fully saturated rings. The highest BCUT2D eigenvalue weighted by atomic mass is 16.5. The summed E-state index contributed by atoms with van der Waals surface area (Å²) in [5, 5.41) is 8.56. The molecule has 0 aliphatic heterocycles. The van der Waals surface area contributed by atoms with Gasteiger partial charge in [-0.15, -0.1) is 0 Å². The zero-order valence-corrected chi connectivity index (χ0v) is 14.5. The van der Waals surface area contributed by atoms with Crippen LogP contribution in [-0.2, 0) is 14.3 Å². The Morgan fingerprint density at radius 2 is 1.36 bits per heavy atom. The van der Waals surface area contributed by atoms with Crippen LogP contribution in [0.4, 0.5) is 0 Å². The Balaban J connectivity index is 4.31. The lowest BCUT2D eigenvalue weighted by Gasteiger charge is -2.37. The second-order valence-corrected chi connectivity index (χ2v) is 5.21. The van der Waals surface area contributed by atoms with Crippen molar-refractivity contribution in [3.63, 3.8) is 0 Å². The molecule has 0 saturated carbocycles. The van der Waals surface area contributed by atoms with E-state index in [1.807, 2.05) is 0 Å². The van der Waals surface area contributed by atoms with Crippen molar-refractivity contribution in [2.45, 2.75) is 59.5 Å². The van der Waals surface area contributed by atoms with Gasteiger partial charge in [0.15, 0.2) is 0 Å². The topological polar surface area (TPSA) is 70.1 Å². The van der Waals surface area contributed by atoms with E-state index in [0.29, 0.717) is 19.4 Å². The molecule has 130 valence electrons. The Labute approximate surface area is 134 Å². The van der Waals surface area contributed by atoms with Crippen molar-refractivity contribution in [1.82, 2.24) is 9.80 Å². The van der Waals surface area contributed by atoms with Gasteiger partial charge >= 0.3 is 11.9 Å². The molecule has 0 unspecified atom stereocenters.